The fourth-order valence-corrected chi connectivity index (χ4v) is 5.98. The second-order valence-electron chi connectivity index (χ2n) is 10.6. The van der Waals surface area contributed by atoms with E-state index in [1.54, 1.807) is 18.2 Å². The van der Waals surface area contributed by atoms with Crippen molar-refractivity contribution in [3.63, 3.8) is 0 Å². The Hall–Kier alpha value is -3.26. The molecule has 1 aliphatic heterocycles. The first kappa shape index (κ1) is 24.4. The van der Waals surface area contributed by atoms with E-state index in [2.05, 4.69) is 51.9 Å². The number of aromatic amines is 1. The second kappa shape index (κ2) is 10.0. The Balaban J connectivity index is 1.25. The number of hydrogen-bond acceptors (Lipinski definition) is 5. The van der Waals surface area contributed by atoms with Crippen LogP contribution in [0.4, 0.5) is 0 Å². The maximum absolute atomic E-state index is 13.6. The van der Waals surface area contributed by atoms with Gasteiger partial charge in [-0.3, -0.25) is 9.59 Å². The number of tetrazole rings is 1. The molecule has 8 nitrogen and oxygen atoms in total. The molecule has 5 rings (SSSR count). The summed E-state index contributed by atoms with van der Waals surface area (Å²) < 4.78 is 0. The highest BCUT2D eigenvalue weighted by Crippen LogP contribution is 2.43. The van der Waals surface area contributed by atoms with Crippen molar-refractivity contribution >= 4 is 23.4 Å². The minimum absolute atomic E-state index is 0.0608. The number of carbonyl (C=O) groups is 2. The van der Waals surface area contributed by atoms with Gasteiger partial charge in [-0.2, -0.15) is 5.21 Å². The number of halogens is 1. The van der Waals surface area contributed by atoms with Crippen molar-refractivity contribution in [1.29, 1.82) is 0 Å². The molecule has 2 aromatic carbocycles. The SMILES string of the molecule is CC1(C)CN(C(=O)C2CCCC2NC(=O)c2cccc(-c3nn[nH]n3)c2)CCC1c1ccc(Cl)cc1. The van der Waals surface area contributed by atoms with Gasteiger partial charge in [-0.25, -0.2) is 0 Å². The van der Waals surface area contributed by atoms with E-state index < -0.39 is 0 Å². The Morgan fingerprint density at radius 3 is 2.64 bits per heavy atom. The maximum Gasteiger partial charge on any atom is 0.251 e. The number of nitrogens with one attached hydrogen (secondary N) is 2. The molecule has 2 fully saturated rings. The highest BCUT2D eigenvalue weighted by atomic mass is 35.5. The van der Waals surface area contributed by atoms with Crippen LogP contribution in [0.15, 0.2) is 48.5 Å². The quantitative estimate of drug-likeness (QED) is 0.531. The minimum atomic E-state index is -0.197. The lowest BCUT2D eigenvalue weighted by Gasteiger charge is -2.45. The van der Waals surface area contributed by atoms with Crippen LogP contribution in [0.2, 0.25) is 5.02 Å². The number of rotatable bonds is 5. The predicted octanol–water partition coefficient (Wildman–Crippen LogP) is 4.46. The first-order valence-corrected chi connectivity index (χ1v) is 12.9. The van der Waals surface area contributed by atoms with Gasteiger partial charge in [-0.15, -0.1) is 10.2 Å². The Kier molecular flexibility index (Phi) is 6.79. The third-order valence-electron chi connectivity index (χ3n) is 7.69. The summed E-state index contributed by atoms with van der Waals surface area (Å²) in [5.74, 6) is 0.567. The van der Waals surface area contributed by atoms with Crippen LogP contribution in [0, 0.1) is 11.3 Å². The van der Waals surface area contributed by atoms with Crippen LogP contribution in [0.5, 0.6) is 0 Å². The van der Waals surface area contributed by atoms with Gasteiger partial charge in [-0.1, -0.05) is 56.1 Å². The lowest BCUT2D eigenvalue weighted by atomic mass is 9.70. The third-order valence-corrected chi connectivity index (χ3v) is 7.94. The highest BCUT2D eigenvalue weighted by Gasteiger charge is 2.42. The molecule has 188 valence electrons. The van der Waals surface area contributed by atoms with Gasteiger partial charge in [0.2, 0.25) is 11.7 Å². The van der Waals surface area contributed by atoms with Crippen LogP contribution in [0.1, 0.15) is 61.4 Å². The van der Waals surface area contributed by atoms with Gasteiger partial charge in [0.1, 0.15) is 0 Å². The molecule has 3 atom stereocenters. The molecular weight excluding hydrogens is 476 g/mol. The van der Waals surface area contributed by atoms with Gasteiger partial charge in [-0.05, 0) is 65.6 Å². The number of amides is 2. The van der Waals surface area contributed by atoms with Crippen LogP contribution in [-0.2, 0) is 4.79 Å². The molecule has 3 unspecified atom stereocenters. The first-order valence-electron chi connectivity index (χ1n) is 12.5. The molecule has 2 heterocycles. The molecule has 1 aromatic heterocycles. The number of aromatic nitrogens is 4. The van der Waals surface area contributed by atoms with E-state index in [-0.39, 0.29) is 29.2 Å². The van der Waals surface area contributed by atoms with E-state index in [9.17, 15) is 9.59 Å². The van der Waals surface area contributed by atoms with Gasteiger partial charge in [0.05, 0.1) is 5.92 Å². The number of likely N-dealkylation sites (tertiary alicyclic amines) is 1. The molecule has 2 aliphatic rings. The number of hydrogen-bond donors (Lipinski definition) is 2. The number of H-pyrrole nitrogens is 1. The fraction of sp³-hybridized carbons (Fsp3) is 0.444. The Morgan fingerprint density at radius 2 is 1.92 bits per heavy atom. The molecule has 0 radical (unpaired) electrons. The molecule has 3 aromatic rings. The zero-order valence-electron chi connectivity index (χ0n) is 20.6. The molecule has 1 saturated carbocycles. The van der Waals surface area contributed by atoms with Gasteiger partial charge in [0, 0.05) is 35.3 Å². The minimum Gasteiger partial charge on any atom is -0.349 e. The van der Waals surface area contributed by atoms with E-state index in [0.29, 0.717) is 29.4 Å². The average Bonchev–Trinajstić information content (AvgIpc) is 3.56. The molecule has 9 heteroatoms. The molecule has 2 amide bonds. The van der Waals surface area contributed by atoms with E-state index in [0.717, 1.165) is 37.3 Å². The summed E-state index contributed by atoms with van der Waals surface area (Å²) >= 11 is 6.09. The Bertz CT molecular complexity index is 1230. The van der Waals surface area contributed by atoms with E-state index in [1.165, 1.54) is 5.56 Å². The van der Waals surface area contributed by atoms with Crippen LogP contribution in [0.3, 0.4) is 0 Å². The summed E-state index contributed by atoms with van der Waals surface area (Å²) in [5, 5.41) is 17.8. The number of benzene rings is 2. The zero-order chi connectivity index (χ0) is 25.3. The predicted molar refractivity (Wildman–Crippen MR) is 137 cm³/mol. The van der Waals surface area contributed by atoms with Gasteiger partial charge in [0.25, 0.3) is 5.91 Å². The number of nitrogens with zero attached hydrogens (tertiary/aromatic N) is 4. The summed E-state index contributed by atoms with van der Waals surface area (Å²) in [5.41, 5.74) is 2.43. The summed E-state index contributed by atoms with van der Waals surface area (Å²) in [7, 11) is 0. The largest absolute Gasteiger partial charge is 0.349 e. The highest BCUT2D eigenvalue weighted by molar-refractivity contribution is 6.30. The molecular formula is C27H31ClN6O2. The van der Waals surface area contributed by atoms with Crippen LogP contribution >= 0.6 is 11.6 Å². The van der Waals surface area contributed by atoms with Crippen LogP contribution < -0.4 is 5.32 Å². The van der Waals surface area contributed by atoms with E-state index in [4.69, 9.17) is 11.6 Å². The van der Waals surface area contributed by atoms with Crippen molar-refractivity contribution in [2.75, 3.05) is 13.1 Å². The standard InChI is InChI=1S/C27H31ClN6O2/c1-27(2)16-34(14-13-22(27)17-9-11-20(28)12-10-17)26(36)21-7-4-8-23(21)29-25(35)19-6-3-5-18(15-19)24-30-32-33-31-24/h3,5-6,9-12,15,21-23H,4,7-8,13-14,16H2,1-2H3,(H,29,35)(H,30,31,32,33). The van der Waals surface area contributed by atoms with E-state index >= 15 is 0 Å². The molecule has 1 saturated heterocycles. The normalized spacial score (nSPS) is 23.4. The van der Waals surface area contributed by atoms with Crippen LogP contribution in [0.25, 0.3) is 11.4 Å². The smallest absolute Gasteiger partial charge is 0.251 e. The Morgan fingerprint density at radius 1 is 1.11 bits per heavy atom. The number of piperidine rings is 1. The maximum atomic E-state index is 13.6. The second-order valence-corrected chi connectivity index (χ2v) is 11.0. The monoisotopic (exact) mass is 506 g/mol. The molecule has 1 aliphatic carbocycles. The topological polar surface area (TPSA) is 104 Å². The number of carbonyl (C=O) groups excluding carboxylic acids is 2. The van der Waals surface area contributed by atoms with E-state index in [1.807, 2.05) is 23.1 Å². The zero-order valence-corrected chi connectivity index (χ0v) is 21.3. The van der Waals surface area contributed by atoms with Gasteiger partial charge >= 0.3 is 0 Å². The van der Waals surface area contributed by atoms with Crippen molar-refractivity contribution in [2.24, 2.45) is 11.3 Å². The van der Waals surface area contributed by atoms with Crippen LogP contribution in [-0.4, -0.2) is 56.5 Å². The molecule has 0 spiro atoms. The summed E-state index contributed by atoms with van der Waals surface area (Å²) in [6.07, 6.45) is 3.43. The van der Waals surface area contributed by atoms with Crippen molar-refractivity contribution < 1.29 is 9.59 Å². The van der Waals surface area contributed by atoms with Crippen molar-refractivity contribution in [3.05, 3.63) is 64.7 Å². The fourth-order valence-electron chi connectivity index (χ4n) is 5.86. The van der Waals surface area contributed by atoms with Crippen molar-refractivity contribution in [2.45, 2.75) is 51.5 Å². The molecule has 36 heavy (non-hydrogen) atoms. The summed E-state index contributed by atoms with van der Waals surface area (Å²) in [6.45, 7) is 5.88. The van der Waals surface area contributed by atoms with Gasteiger partial charge in [0.15, 0.2) is 0 Å². The summed E-state index contributed by atoms with van der Waals surface area (Å²) in [4.78, 5) is 28.7. The van der Waals surface area contributed by atoms with Crippen molar-refractivity contribution in [1.82, 2.24) is 30.8 Å². The first-order chi connectivity index (χ1) is 17.3. The summed E-state index contributed by atoms with van der Waals surface area (Å²) in [6, 6.07) is 15.0. The average molecular weight is 507 g/mol. The van der Waals surface area contributed by atoms with Gasteiger partial charge < -0.3 is 10.2 Å². The Labute approximate surface area is 215 Å². The molecule has 2 N–H and O–H groups in total. The lowest BCUT2D eigenvalue weighted by molar-refractivity contribution is -0.139. The molecule has 0 bridgehead atoms. The third kappa shape index (κ3) is 5.00. The lowest BCUT2D eigenvalue weighted by Crippen LogP contribution is -2.52. The van der Waals surface area contributed by atoms with Crippen molar-refractivity contribution in [3.8, 4) is 11.4 Å².